The standard InChI is InChI=1S/C20H22Cl2N2O2/c1-14-6-7-16(21)10-18(14)24-9-8-15(12-24)11-23-20(25)13-26-19-5-3-2-4-17(19)22/h2-7,10,15H,8-9,11-13H2,1H3,(H,23,25). The number of aryl methyl sites for hydroxylation is 1. The summed E-state index contributed by atoms with van der Waals surface area (Å²) in [6.07, 6.45) is 1.04. The van der Waals surface area contributed by atoms with Crippen LogP contribution < -0.4 is 15.0 Å². The predicted octanol–water partition coefficient (Wildman–Crippen LogP) is 4.32. The van der Waals surface area contributed by atoms with Crippen LogP contribution in [0.2, 0.25) is 10.0 Å². The minimum atomic E-state index is -0.137. The van der Waals surface area contributed by atoms with E-state index in [1.54, 1.807) is 12.1 Å². The number of amides is 1. The van der Waals surface area contributed by atoms with Crippen molar-refractivity contribution in [3.8, 4) is 5.75 Å². The summed E-state index contributed by atoms with van der Waals surface area (Å²) in [5.74, 6) is 0.799. The van der Waals surface area contributed by atoms with Gasteiger partial charge in [0.1, 0.15) is 5.75 Å². The molecular formula is C20H22Cl2N2O2. The SMILES string of the molecule is Cc1ccc(Cl)cc1N1CCC(CNC(=O)COc2ccccc2Cl)C1. The first-order valence-electron chi connectivity index (χ1n) is 8.68. The smallest absolute Gasteiger partial charge is 0.257 e. The second-order valence-electron chi connectivity index (χ2n) is 6.55. The lowest BCUT2D eigenvalue weighted by molar-refractivity contribution is -0.123. The molecule has 1 aliphatic rings. The van der Waals surface area contributed by atoms with E-state index in [0.717, 1.165) is 24.5 Å². The predicted molar refractivity (Wildman–Crippen MR) is 106 cm³/mol. The minimum absolute atomic E-state index is 0.0342. The Bertz CT molecular complexity index is 782. The molecule has 1 heterocycles. The number of anilines is 1. The van der Waals surface area contributed by atoms with E-state index in [0.29, 0.717) is 23.2 Å². The molecule has 4 nitrogen and oxygen atoms in total. The molecule has 1 amide bonds. The Hall–Kier alpha value is -1.91. The summed E-state index contributed by atoms with van der Waals surface area (Å²) in [6, 6.07) is 13.1. The van der Waals surface area contributed by atoms with Crippen LogP contribution >= 0.6 is 23.2 Å². The largest absolute Gasteiger partial charge is 0.482 e. The molecule has 1 fully saturated rings. The molecule has 2 aromatic carbocycles. The van der Waals surface area contributed by atoms with Crippen LogP contribution in [0.3, 0.4) is 0 Å². The quantitative estimate of drug-likeness (QED) is 0.795. The van der Waals surface area contributed by atoms with Gasteiger partial charge >= 0.3 is 0 Å². The Balaban J connectivity index is 1.45. The van der Waals surface area contributed by atoms with Crippen LogP contribution in [0.5, 0.6) is 5.75 Å². The van der Waals surface area contributed by atoms with Crippen LogP contribution in [0.25, 0.3) is 0 Å². The second-order valence-corrected chi connectivity index (χ2v) is 7.40. The van der Waals surface area contributed by atoms with Crippen molar-refractivity contribution < 1.29 is 9.53 Å². The molecule has 1 atom stereocenters. The molecule has 1 unspecified atom stereocenters. The van der Waals surface area contributed by atoms with E-state index in [1.165, 1.54) is 11.3 Å². The van der Waals surface area contributed by atoms with Gasteiger partial charge in [0, 0.05) is 30.3 Å². The summed E-state index contributed by atoms with van der Waals surface area (Å²) < 4.78 is 5.46. The first kappa shape index (κ1) is 18.9. The molecule has 26 heavy (non-hydrogen) atoms. The van der Waals surface area contributed by atoms with Crippen molar-refractivity contribution in [2.45, 2.75) is 13.3 Å². The summed E-state index contributed by atoms with van der Waals surface area (Å²) >= 11 is 12.1. The fourth-order valence-corrected chi connectivity index (χ4v) is 3.51. The van der Waals surface area contributed by atoms with Crippen LogP contribution in [0.15, 0.2) is 42.5 Å². The summed E-state index contributed by atoms with van der Waals surface area (Å²) in [7, 11) is 0. The first-order chi connectivity index (χ1) is 12.5. The van der Waals surface area contributed by atoms with Crippen LogP contribution in [0.1, 0.15) is 12.0 Å². The number of para-hydroxylation sites is 1. The summed E-state index contributed by atoms with van der Waals surface area (Å²) in [4.78, 5) is 14.4. The van der Waals surface area contributed by atoms with Gasteiger partial charge in [-0.25, -0.2) is 0 Å². The van der Waals surface area contributed by atoms with Gasteiger partial charge in [-0.05, 0) is 49.1 Å². The van der Waals surface area contributed by atoms with Gasteiger partial charge in [0.25, 0.3) is 5.91 Å². The fraction of sp³-hybridized carbons (Fsp3) is 0.350. The third-order valence-corrected chi connectivity index (χ3v) is 5.13. The van der Waals surface area contributed by atoms with Crippen LogP contribution in [0.4, 0.5) is 5.69 Å². The van der Waals surface area contributed by atoms with Gasteiger partial charge < -0.3 is 15.0 Å². The maximum absolute atomic E-state index is 12.0. The van der Waals surface area contributed by atoms with E-state index < -0.39 is 0 Å². The van der Waals surface area contributed by atoms with Crippen LogP contribution in [0, 0.1) is 12.8 Å². The fourth-order valence-electron chi connectivity index (χ4n) is 3.16. The van der Waals surface area contributed by atoms with Crippen molar-refractivity contribution in [3.63, 3.8) is 0 Å². The van der Waals surface area contributed by atoms with Crippen molar-refractivity contribution in [2.75, 3.05) is 31.1 Å². The molecule has 0 spiro atoms. The van der Waals surface area contributed by atoms with E-state index in [2.05, 4.69) is 17.1 Å². The Morgan fingerprint density at radius 2 is 2.08 bits per heavy atom. The lowest BCUT2D eigenvalue weighted by atomic mass is 10.1. The van der Waals surface area contributed by atoms with Crippen molar-refractivity contribution in [2.24, 2.45) is 5.92 Å². The number of ether oxygens (including phenoxy) is 1. The second kappa shape index (κ2) is 8.65. The van der Waals surface area contributed by atoms with E-state index in [-0.39, 0.29) is 12.5 Å². The van der Waals surface area contributed by atoms with Gasteiger partial charge in [0.05, 0.1) is 5.02 Å². The number of carbonyl (C=O) groups is 1. The molecule has 0 bridgehead atoms. The zero-order valence-electron chi connectivity index (χ0n) is 14.7. The Labute approximate surface area is 164 Å². The molecule has 6 heteroatoms. The van der Waals surface area contributed by atoms with Crippen LogP contribution in [-0.2, 0) is 4.79 Å². The highest BCUT2D eigenvalue weighted by molar-refractivity contribution is 6.32. The molecule has 0 saturated carbocycles. The lowest BCUT2D eigenvalue weighted by Crippen LogP contribution is -2.34. The summed E-state index contributed by atoms with van der Waals surface area (Å²) in [6.45, 7) is 4.58. The Morgan fingerprint density at radius 3 is 2.88 bits per heavy atom. The van der Waals surface area contributed by atoms with Gasteiger partial charge in [-0.1, -0.05) is 41.4 Å². The van der Waals surface area contributed by atoms with Crippen molar-refractivity contribution in [1.29, 1.82) is 0 Å². The maximum Gasteiger partial charge on any atom is 0.257 e. The lowest BCUT2D eigenvalue weighted by Gasteiger charge is -2.21. The van der Waals surface area contributed by atoms with Gasteiger partial charge in [-0.2, -0.15) is 0 Å². The van der Waals surface area contributed by atoms with E-state index in [9.17, 15) is 4.79 Å². The molecule has 3 rings (SSSR count). The number of carbonyl (C=O) groups excluding carboxylic acids is 1. The number of benzene rings is 2. The summed E-state index contributed by atoms with van der Waals surface area (Å²) in [5.41, 5.74) is 2.39. The average molecular weight is 393 g/mol. The molecule has 1 saturated heterocycles. The topological polar surface area (TPSA) is 41.6 Å². The number of nitrogens with zero attached hydrogens (tertiary/aromatic N) is 1. The van der Waals surface area contributed by atoms with Crippen molar-refractivity contribution >= 4 is 34.8 Å². The number of rotatable bonds is 6. The summed E-state index contributed by atoms with van der Waals surface area (Å²) in [5, 5.41) is 4.21. The molecule has 0 aliphatic carbocycles. The highest BCUT2D eigenvalue weighted by Crippen LogP contribution is 2.29. The van der Waals surface area contributed by atoms with E-state index in [4.69, 9.17) is 27.9 Å². The van der Waals surface area contributed by atoms with E-state index in [1.807, 2.05) is 30.3 Å². The van der Waals surface area contributed by atoms with Gasteiger partial charge in [0.15, 0.2) is 6.61 Å². The zero-order valence-corrected chi connectivity index (χ0v) is 16.2. The van der Waals surface area contributed by atoms with E-state index >= 15 is 0 Å². The number of hydrogen-bond acceptors (Lipinski definition) is 3. The normalized spacial score (nSPS) is 16.6. The van der Waals surface area contributed by atoms with Crippen molar-refractivity contribution in [1.82, 2.24) is 5.32 Å². The molecule has 1 aliphatic heterocycles. The Morgan fingerprint density at radius 1 is 1.27 bits per heavy atom. The van der Waals surface area contributed by atoms with Gasteiger partial charge in [-0.15, -0.1) is 0 Å². The molecule has 1 N–H and O–H groups in total. The minimum Gasteiger partial charge on any atom is -0.482 e. The van der Waals surface area contributed by atoms with Crippen LogP contribution in [-0.4, -0.2) is 32.1 Å². The third-order valence-electron chi connectivity index (χ3n) is 4.58. The highest BCUT2D eigenvalue weighted by Gasteiger charge is 2.24. The third kappa shape index (κ3) is 4.83. The monoisotopic (exact) mass is 392 g/mol. The Kier molecular flexibility index (Phi) is 6.28. The number of nitrogens with one attached hydrogen (secondary N) is 1. The molecule has 0 aromatic heterocycles. The van der Waals surface area contributed by atoms with Crippen molar-refractivity contribution in [3.05, 3.63) is 58.1 Å². The molecule has 0 radical (unpaired) electrons. The number of hydrogen-bond donors (Lipinski definition) is 1. The van der Waals surface area contributed by atoms with Gasteiger partial charge in [-0.3, -0.25) is 4.79 Å². The maximum atomic E-state index is 12.0. The highest BCUT2D eigenvalue weighted by atomic mass is 35.5. The molecule has 2 aromatic rings. The molecular weight excluding hydrogens is 371 g/mol. The first-order valence-corrected chi connectivity index (χ1v) is 9.43. The average Bonchev–Trinajstić information content (AvgIpc) is 3.10. The van der Waals surface area contributed by atoms with Gasteiger partial charge in [0.2, 0.25) is 0 Å². The zero-order chi connectivity index (χ0) is 18.5. The number of halogens is 2. The molecule has 138 valence electrons.